The van der Waals surface area contributed by atoms with Gasteiger partial charge in [-0.25, -0.2) is 9.78 Å². The fourth-order valence-electron chi connectivity index (χ4n) is 4.47. The van der Waals surface area contributed by atoms with Crippen LogP contribution in [0.2, 0.25) is 0 Å². The molecule has 0 bridgehead atoms. The van der Waals surface area contributed by atoms with Crippen LogP contribution in [0.25, 0.3) is 0 Å². The van der Waals surface area contributed by atoms with E-state index in [0.717, 1.165) is 50.3 Å². The van der Waals surface area contributed by atoms with Crippen LogP contribution in [-0.4, -0.2) is 32.6 Å². The molecule has 0 radical (unpaired) electrons. The summed E-state index contributed by atoms with van der Waals surface area (Å²) in [6.45, 7) is 4.63. The average Bonchev–Trinajstić information content (AvgIpc) is 3.24. The largest absolute Gasteiger partial charge is 0.332 e. The summed E-state index contributed by atoms with van der Waals surface area (Å²) in [5.74, 6) is 1.16. The topological polar surface area (TPSA) is 50.2 Å². The highest BCUT2D eigenvalue weighted by atomic mass is 16.2. The third kappa shape index (κ3) is 3.35. The zero-order chi connectivity index (χ0) is 18.0. The number of nitrogens with one attached hydrogen (secondary N) is 1. The van der Waals surface area contributed by atoms with Gasteiger partial charge in [0, 0.05) is 25.0 Å². The van der Waals surface area contributed by atoms with E-state index >= 15 is 0 Å². The van der Waals surface area contributed by atoms with E-state index in [1.54, 1.807) is 0 Å². The van der Waals surface area contributed by atoms with Gasteiger partial charge in [-0.05, 0) is 44.6 Å². The Labute approximate surface area is 155 Å². The van der Waals surface area contributed by atoms with Gasteiger partial charge in [0.05, 0.1) is 18.4 Å². The first-order chi connectivity index (χ1) is 12.7. The molecule has 138 valence electrons. The molecule has 26 heavy (non-hydrogen) atoms. The smallest absolute Gasteiger partial charge is 0.318 e. The third-order valence-corrected chi connectivity index (χ3v) is 5.90. The number of fused-ring (bicyclic) bond motifs is 1. The second-order valence-corrected chi connectivity index (χ2v) is 7.85. The van der Waals surface area contributed by atoms with Crippen molar-refractivity contribution in [2.45, 2.75) is 64.1 Å². The van der Waals surface area contributed by atoms with Crippen molar-refractivity contribution in [3.8, 4) is 0 Å². The number of amides is 2. The zero-order valence-electron chi connectivity index (χ0n) is 15.6. The monoisotopic (exact) mass is 352 g/mol. The van der Waals surface area contributed by atoms with Crippen LogP contribution in [0.4, 0.5) is 4.79 Å². The molecule has 0 saturated carbocycles. The summed E-state index contributed by atoms with van der Waals surface area (Å²) in [5, 5.41) is 3.14. The highest BCUT2D eigenvalue weighted by Crippen LogP contribution is 2.32. The average molecular weight is 352 g/mol. The van der Waals surface area contributed by atoms with Gasteiger partial charge in [-0.1, -0.05) is 30.3 Å². The molecule has 1 aromatic carbocycles. The molecule has 1 aromatic heterocycles. The van der Waals surface area contributed by atoms with Gasteiger partial charge in [0.15, 0.2) is 0 Å². The summed E-state index contributed by atoms with van der Waals surface area (Å²) in [6, 6.07) is 10.5. The number of carbonyl (C=O) groups is 1. The lowest BCUT2D eigenvalue weighted by molar-refractivity contribution is 0.155. The Bertz CT molecular complexity index is 770. The molecular formula is C21H28N4O. The lowest BCUT2D eigenvalue weighted by Gasteiger charge is -2.35. The van der Waals surface area contributed by atoms with Crippen LogP contribution < -0.4 is 5.32 Å². The Hall–Kier alpha value is -2.30. The standard InChI is InChI=1S/C21H28N4O/c1-21(14-17-8-3-2-4-9-17)11-7-13-25(21)20(26)23-16-18-15-22-19-10-5-6-12-24(18)19/h2-4,8-9,15H,5-7,10-14,16H2,1H3,(H,23,26). The molecule has 5 nitrogen and oxygen atoms in total. The SMILES string of the molecule is CC1(Cc2ccccc2)CCCN1C(=O)NCc1cnc2n1CCCC2. The van der Waals surface area contributed by atoms with Crippen molar-refractivity contribution in [1.29, 1.82) is 0 Å². The third-order valence-electron chi connectivity index (χ3n) is 5.90. The molecule has 0 aliphatic carbocycles. The van der Waals surface area contributed by atoms with Crippen LogP contribution in [0, 0.1) is 0 Å². The minimum Gasteiger partial charge on any atom is -0.332 e. The van der Waals surface area contributed by atoms with Crippen LogP contribution in [0.15, 0.2) is 36.5 Å². The first-order valence-corrected chi connectivity index (χ1v) is 9.78. The maximum atomic E-state index is 12.9. The summed E-state index contributed by atoms with van der Waals surface area (Å²) in [6.07, 6.45) is 8.42. The Balaban J connectivity index is 1.41. The lowest BCUT2D eigenvalue weighted by Crippen LogP contribution is -2.50. The van der Waals surface area contributed by atoms with E-state index in [1.165, 1.54) is 18.4 Å². The molecule has 2 aliphatic heterocycles. The first-order valence-electron chi connectivity index (χ1n) is 9.78. The van der Waals surface area contributed by atoms with Crippen molar-refractivity contribution in [2.24, 2.45) is 0 Å². The van der Waals surface area contributed by atoms with Gasteiger partial charge >= 0.3 is 6.03 Å². The van der Waals surface area contributed by atoms with Crippen molar-refractivity contribution in [2.75, 3.05) is 6.54 Å². The number of likely N-dealkylation sites (tertiary alicyclic amines) is 1. The molecule has 1 unspecified atom stereocenters. The Morgan fingerprint density at radius 3 is 2.88 bits per heavy atom. The predicted molar refractivity (Wildman–Crippen MR) is 102 cm³/mol. The minimum atomic E-state index is -0.109. The number of hydrogen-bond acceptors (Lipinski definition) is 2. The van der Waals surface area contributed by atoms with Crippen molar-refractivity contribution in [3.63, 3.8) is 0 Å². The van der Waals surface area contributed by atoms with Crippen LogP contribution in [0.5, 0.6) is 0 Å². The van der Waals surface area contributed by atoms with Gasteiger partial charge in [-0.15, -0.1) is 0 Å². The predicted octanol–water partition coefficient (Wildman–Crippen LogP) is 3.53. The molecule has 1 fully saturated rings. The van der Waals surface area contributed by atoms with Crippen LogP contribution in [0.3, 0.4) is 0 Å². The van der Waals surface area contributed by atoms with Crippen LogP contribution in [0.1, 0.15) is 49.7 Å². The van der Waals surface area contributed by atoms with Gasteiger partial charge in [0.1, 0.15) is 5.82 Å². The summed E-state index contributed by atoms with van der Waals surface area (Å²) >= 11 is 0. The number of nitrogens with zero attached hydrogens (tertiary/aromatic N) is 3. The van der Waals surface area contributed by atoms with Gasteiger partial charge < -0.3 is 14.8 Å². The normalized spacial score (nSPS) is 22.3. The van der Waals surface area contributed by atoms with E-state index in [0.29, 0.717) is 6.54 Å². The Morgan fingerprint density at radius 1 is 1.19 bits per heavy atom. The molecule has 1 atom stereocenters. The second-order valence-electron chi connectivity index (χ2n) is 7.85. The molecule has 2 amide bonds. The molecule has 1 N–H and O–H groups in total. The van der Waals surface area contributed by atoms with Gasteiger partial charge in [-0.3, -0.25) is 0 Å². The molecule has 4 rings (SSSR count). The second kappa shape index (κ2) is 7.14. The van der Waals surface area contributed by atoms with E-state index in [9.17, 15) is 4.79 Å². The highest BCUT2D eigenvalue weighted by molar-refractivity contribution is 5.75. The molecule has 2 aromatic rings. The number of aromatic nitrogens is 2. The van der Waals surface area contributed by atoms with E-state index in [-0.39, 0.29) is 11.6 Å². The lowest BCUT2D eigenvalue weighted by atomic mass is 9.90. The maximum Gasteiger partial charge on any atom is 0.318 e. The highest BCUT2D eigenvalue weighted by Gasteiger charge is 2.39. The van der Waals surface area contributed by atoms with Gasteiger partial charge in [0.25, 0.3) is 0 Å². The fourth-order valence-corrected chi connectivity index (χ4v) is 4.47. The number of urea groups is 1. The molecular weight excluding hydrogens is 324 g/mol. The number of benzene rings is 1. The summed E-state index contributed by atoms with van der Waals surface area (Å²) in [4.78, 5) is 19.4. The number of rotatable bonds is 4. The quantitative estimate of drug-likeness (QED) is 0.915. The van der Waals surface area contributed by atoms with E-state index in [1.807, 2.05) is 17.2 Å². The number of carbonyl (C=O) groups excluding carboxylic acids is 1. The molecule has 1 saturated heterocycles. The van der Waals surface area contributed by atoms with Crippen LogP contribution >= 0.6 is 0 Å². The van der Waals surface area contributed by atoms with E-state index < -0.39 is 0 Å². The molecule has 5 heteroatoms. The van der Waals surface area contributed by atoms with Crippen molar-refractivity contribution < 1.29 is 4.79 Å². The van der Waals surface area contributed by atoms with Crippen molar-refractivity contribution in [3.05, 3.63) is 53.6 Å². The van der Waals surface area contributed by atoms with Crippen LogP contribution in [-0.2, 0) is 25.9 Å². The van der Waals surface area contributed by atoms with E-state index in [2.05, 4.69) is 46.1 Å². The summed E-state index contributed by atoms with van der Waals surface area (Å²) in [5.41, 5.74) is 2.30. The summed E-state index contributed by atoms with van der Waals surface area (Å²) in [7, 11) is 0. The first kappa shape index (κ1) is 17.1. The molecule has 3 heterocycles. The molecule has 0 spiro atoms. The number of imidazole rings is 1. The van der Waals surface area contributed by atoms with Gasteiger partial charge in [0.2, 0.25) is 0 Å². The number of hydrogen-bond donors (Lipinski definition) is 1. The van der Waals surface area contributed by atoms with Crippen molar-refractivity contribution in [1.82, 2.24) is 19.8 Å². The zero-order valence-corrected chi connectivity index (χ0v) is 15.6. The minimum absolute atomic E-state index is 0.0484. The summed E-state index contributed by atoms with van der Waals surface area (Å²) < 4.78 is 2.27. The van der Waals surface area contributed by atoms with Crippen molar-refractivity contribution >= 4 is 6.03 Å². The molecule has 2 aliphatic rings. The fraction of sp³-hybridized carbons (Fsp3) is 0.524. The Kier molecular flexibility index (Phi) is 4.70. The van der Waals surface area contributed by atoms with Gasteiger partial charge in [-0.2, -0.15) is 0 Å². The maximum absolute atomic E-state index is 12.9. The number of aryl methyl sites for hydroxylation is 1. The Morgan fingerprint density at radius 2 is 2.04 bits per heavy atom. The van der Waals surface area contributed by atoms with E-state index in [4.69, 9.17) is 0 Å².